The summed E-state index contributed by atoms with van der Waals surface area (Å²) in [7, 11) is 0. The minimum atomic E-state index is 0.150. The first-order valence-electron chi connectivity index (χ1n) is 7.12. The summed E-state index contributed by atoms with van der Waals surface area (Å²) in [5.74, 6) is 1.31. The first-order chi connectivity index (χ1) is 10.1. The molecule has 0 aliphatic rings. The molecule has 0 aliphatic heterocycles. The van der Waals surface area contributed by atoms with E-state index >= 15 is 0 Å². The normalized spacial score (nSPS) is 13.0. The van der Waals surface area contributed by atoms with Crippen molar-refractivity contribution in [2.24, 2.45) is 0 Å². The second-order valence-corrected chi connectivity index (χ2v) is 6.63. The molecule has 1 unspecified atom stereocenters. The minimum Gasteiger partial charge on any atom is -0.317 e. The van der Waals surface area contributed by atoms with Crippen LogP contribution < -0.4 is 0 Å². The fourth-order valence-corrected chi connectivity index (χ4v) is 3.66. The number of hydrogen-bond acceptors (Lipinski definition) is 3. The Morgan fingerprint density at radius 3 is 2.86 bits per heavy atom. The van der Waals surface area contributed by atoms with Gasteiger partial charge in [0.05, 0.1) is 23.0 Å². The fraction of sp³-hybridized carbons (Fsp3) is 0.375. The largest absolute Gasteiger partial charge is 0.317 e. The van der Waals surface area contributed by atoms with Crippen LogP contribution in [0.1, 0.15) is 41.2 Å². The molecule has 0 aliphatic carbocycles. The highest BCUT2D eigenvalue weighted by Gasteiger charge is 2.19. The van der Waals surface area contributed by atoms with Gasteiger partial charge in [0, 0.05) is 11.1 Å². The summed E-state index contributed by atoms with van der Waals surface area (Å²) in [5, 5.41) is 1.11. The van der Waals surface area contributed by atoms with Crippen LogP contribution in [0, 0.1) is 6.92 Å². The van der Waals surface area contributed by atoms with E-state index in [1.165, 1.54) is 10.4 Å². The van der Waals surface area contributed by atoms with Crippen molar-refractivity contribution in [3.05, 3.63) is 45.7 Å². The predicted molar refractivity (Wildman–Crippen MR) is 89.3 cm³/mol. The van der Waals surface area contributed by atoms with Crippen LogP contribution in [0.25, 0.3) is 11.0 Å². The van der Waals surface area contributed by atoms with Crippen molar-refractivity contribution in [3.63, 3.8) is 0 Å². The number of fused-ring (bicyclic) bond motifs is 1. The van der Waals surface area contributed by atoms with E-state index in [0.29, 0.717) is 5.88 Å². The van der Waals surface area contributed by atoms with E-state index in [1.54, 1.807) is 11.3 Å². The highest BCUT2D eigenvalue weighted by Crippen LogP contribution is 2.29. The summed E-state index contributed by atoms with van der Waals surface area (Å²) in [6, 6.07) is 6.49. The molecule has 1 atom stereocenters. The first kappa shape index (κ1) is 14.5. The van der Waals surface area contributed by atoms with Crippen molar-refractivity contribution in [2.45, 2.75) is 39.1 Å². The van der Waals surface area contributed by atoms with Crippen LogP contribution in [-0.2, 0) is 12.3 Å². The van der Waals surface area contributed by atoms with Gasteiger partial charge in [0.2, 0.25) is 0 Å². The second-order valence-electron chi connectivity index (χ2n) is 5.22. The molecule has 0 N–H and O–H groups in total. The van der Waals surface area contributed by atoms with Crippen LogP contribution in [0.2, 0.25) is 0 Å². The molecule has 0 amide bonds. The molecule has 5 heteroatoms. The van der Waals surface area contributed by atoms with Gasteiger partial charge in [-0.15, -0.1) is 22.9 Å². The van der Waals surface area contributed by atoms with Gasteiger partial charge in [-0.2, -0.15) is 0 Å². The minimum absolute atomic E-state index is 0.150. The van der Waals surface area contributed by atoms with Gasteiger partial charge >= 0.3 is 0 Å². The van der Waals surface area contributed by atoms with Crippen molar-refractivity contribution >= 4 is 34.0 Å². The third-order valence-corrected chi connectivity index (χ3v) is 5.25. The molecule has 3 rings (SSSR count). The van der Waals surface area contributed by atoms with Crippen LogP contribution >= 0.6 is 22.9 Å². The molecule has 110 valence electrons. The van der Waals surface area contributed by atoms with Gasteiger partial charge in [0.1, 0.15) is 10.8 Å². The van der Waals surface area contributed by atoms with E-state index in [2.05, 4.69) is 53.5 Å². The summed E-state index contributed by atoms with van der Waals surface area (Å²) >= 11 is 7.87. The van der Waals surface area contributed by atoms with Crippen LogP contribution in [0.4, 0.5) is 0 Å². The molecule has 0 spiro atoms. The summed E-state index contributed by atoms with van der Waals surface area (Å²) in [6.07, 6.45) is 3.00. The Balaban J connectivity index is 2.13. The molecule has 0 radical (unpaired) electrons. The molecule has 2 aromatic heterocycles. The Bertz CT molecular complexity index is 775. The van der Waals surface area contributed by atoms with Gasteiger partial charge in [-0.05, 0) is 38.0 Å². The third kappa shape index (κ3) is 2.58. The summed E-state index contributed by atoms with van der Waals surface area (Å²) in [6.45, 7) is 6.40. The molecule has 3 aromatic rings. The van der Waals surface area contributed by atoms with Gasteiger partial charge in [0.15, 0.2) is 0 Å². The molecule has 2 heterocycles. The van der Waals surface area contributed by atoms with Crippen molar-refractivity contribution in [1.29, 1.82) is 0 Å². The molecule has 21 heavy (non-hydrogen) atoms. The second kappa shape index (κ2) is 5.78. The summed E-state index contributed by atoms with van der Waals surface area (Å²) < 4.78 is 2.21. The number of hydrogen-bond donors (Lipinski definition) is 0. The Hall–Kier alpha value is -1.39. The highest BCUT2D eigenvalue weighted by molar-refractivity contribution is 7.11. The van der Waals surface area contributed by atoms with Gasteiger partial charge < -0.3 is 4.57 Å². The molecule has 0 saturated heterocycles. The monoisotopic (exact) mass is 319 g/mol. The quantitative estimate of drug-likeness (QED) is 0.652. The highest BCUT2D eigenvalue weighted by atomic mass is 35.5. The van der Waals surface area contributed by atoms with Gasteiger partial charge in [-0.25, -0.2) is 9.97 Å². The number of thiazole rings is 1. The molecule has 1 aromatic carbocycles. The van der Waals surface area contributed by atoms with Crippen molar-refractivity contribution in [3.8, 4) is 0 Å². The van der Waals surface area contributed by atoms with E-state index in [1.807, 2.05) is 6.20 Å². The number of imidazole rings is 1. The Labute approximate surface area is 133 Å². The van der Waals surface area contributed by atoms with Gasteiger partial charge in [-0.3, -0.25) is 0 Å². The number of alkyl halides is 1. The van der Waals surface area contributed by atoms with E-state index in [4.69, 9.17) is 11.6 Å². The fourth-order valence-electron chi connectivity index (χ4n) is 2.57. The number of rotatable bonds is 4. The van der Waals surface area contributed by atoms with E-state index in [-0.39, 0.29) is 6.04 Å². The Kier molecular flexibility index (Phi) is 4.00. The average Bonchev–Trinajstić information content (AvgIpc) is 3.09. The van der Waals surface area contributed by atoms with Gasteiger partial charge in [-0.1, -0.05) is 13.0 Å². The maximum atomic E-state index is 6.11. The molecule has 0 saturated carbocycles. The molecule has 0 fully saturated rings. The van der Waals surface area contributed by atoms with Crippen molar-refractivity contribution < 1.29 is 0 Å². The number of aryl methyl sites for hydroxylation is 2. The van der Waals surface area contributed by atoms with Gasteiger partial charge in [0.25, 0.3) is 0 Å². The molecule has 0 bridgehead atoms. The smallest absolute Gasteiger partial charge is 0.125 e. The third-order valence-electron chi connectivity index (χ3n) is 3.70. The zero-order chi connectivity index (χ0) is 15.0. The van der Waals surface area contributed by atoms with E-state index in [9.17, 15) is 0 Å². The average molecular weight is 320 g/mol. The lowest BCUT2D eigenvalue weighted by molar-refractivity contribution is 0.630. The van der Waals surface area contributed by atoms with Crippen LogP contribution in [0.5, 0.6) is 0 Å². The number of halogens is 1. The Morgan fingerprint density at radius 1 is 1.38 bits per heavy atom. The maximum absolute atomic E-state index is 6.11. The van der Waals surface area contributed by atoms with Crippen molar-refractivity contribution in [1.82, 2.24) is 14.5 Å². The standard InChI is InChI=1S/C16H18ClN3S/c1-4-12-9-18-16(21-12)11(3)20-14-6-5-10(2)7-13(14)19-15(20)8-17/h5-7,9,11H,4,8H2,1-3H3. The number of aromatic nitrogens is 3. The van der Waals surface area contributed by atoms with Crippen LogP contribution in [-0.4, -0.2) is 14.5 Å². The number of benzene rings is 1. The van der Waals surface area contributed by atoms with E-state index in [0.717, 1.165) is 28.3 Å². The molecular formula is C16H18ClN3S. The van der Waals surface area contributed by atoms with E-state index < -0.39 is 0 Å². The summed E-state index contributed by atoms with van der Waals surface area (Å²) in [4.78, 5) is 10.6. The zero-order valence-corrected chi connectivity index (χ0v) is 14.0. The lowest BCUT2D eigenvalue weighted by atomic mass is 10.2. The first-order valence-corrected chi connectivity index (χ1v) is 8.47. The SMILES string of the molecule is CCc1cnc(C(C)n2c(CCl)nc3cc(C)ccc32)s1. The van der Waals surface area contributed by atoms with Crippen LogP contribution in [0.3, 0.4) is 0 Å². The summed E-state index contributed by atoms with van der Waals surface area (Å²) in [5.41, 5.74) is 3.34. The maximum Gasteiger partial charge on any atom is 0.125 e. The lowest BCUT2D eigenvalue weighted by Crippen LogP contribution is -2.09. The molecular weight excluding hydrogens is 302 g/mol. The Morgan fingerprint density at radius 2 is 2.19 bits per heavy atom. The van der Waals surface area contributed by atoms with Crippen LogP contribution in [0.15, 0.2) is 24.4 Å². The predicted octanol–water partition coefficient (Wildman–Crippen LogP) is 4.71. The molecule has 3 nitrogen and oxygen atoms in total. The zero-order valence-electron chi connectivity index (χ0n) is 12.4. The van der Waals surface area contributed by atoms with Crippen molar-refractivity contribution in [2.75, 3.05) is 0 Å². The topological polar surface area (TPSA) is 30.7 Å². The number of nitrogens with zero attached hydrogens (tertiary/aromatic N) is 3. The lowest BCUT2D eigenvalue weighted by Gasteiger charge is -2.14.